The fourth-order valence-corrected chi connectivity index (χ4v) is 3.67. The van der Waals surface area contributed by atoms with E-state index in [0.29, 0.717) is 16.8 Å². The number of hydrogen-bond donors (Lipinski definition) is 1. The molecule has 0 spiro atoms. The number of hydrogen-bond acceptors (Lipinski definition) is 2. The Balaban J connectivity index is 1.58. The van der Waals surface area contributed by atoms with Crippen LogP contribution < -0.4 is 10.2 Å². The third-order valence-corrected chi connectivity index (χ3v) is 5.43. The van der Waals surface area contributed by atoms with Crippen LogP contribution in [0.1, 0.15) is 20.7 Å². The Labute approximate surface area is 189 Å². The molecule has 0 atom stereocenters. The second-order valence-corrected chi connectivity index (χ2v) is 7.68. The summed E-state index contributed by atoms with van der Waals surface area (Å²) in [7, 11) is 0. The summed E-state index contributed by atoms with van der Waals surface area (Å²) in [5.41, 5.74) is 3.24. The molecule has 0 aromatic heterocycles. The van der Waals surface area contributed by atoms with Crippen molar-refractivity contribution in [1.82, 2.24) is 0 Å². The minimum Gasteiger partial charge on any atom is -0.322 e. The maximum atomic E-state index is 13.4. The first-order valence-electron chi connectivity index (χ1n) is 9.74. The van der Waals surface area contributed by atoms with Gasteiger partial charge in [-0.2, -0.15) is 0 Å². The van der Waals surface area contributed by atoms with Crippen LogP contribution in [0.25, 0.3) is 0 Å². The van der Waals surface area contributed by atoms with Gasteiger partial charge in [0.15, 0.2) is 0 Å². The normalized spacial score (nSPS) is 10.4. The number of carbonyl (C=O) groups excluding carboxylic acids is 2. The highest BCUT2D eigenvalue weighted by Gasteiger charge is 2.19. The molecule has 0 aliphatic carbocycles. The van der Waals surface area contributed by atoms with Gasteiger partial charge in [0.2, 0.25) is 0 Å². The van der Waals surface area contributed by atoms with E-state index in [1.54, 1.807) is 35.2 Å². The molecular weight excluding hydrogens is 452 g/mol. The molecule has 0 heterocycles. The van der Waals surface area contributed by atoms with Crippen LogP contribution in [0.5, 0.6) is 0 Å². The summed E-state index contributed by atoms with van der Waals surface area (Å²) in [6.45, 7) is 0. The summed E-state index contributed by atoms with van der Waals surface area (Å²) in [6, 6.07) is 33.2. The topological polar surface area (TPSA) is 49.4 Å². The fraction of sp³-hybridized carbons (Fsp3) is 0. The highest BCUT2D eigenvalue weighted by Crippen LogP contribution is 2.27. The molecule has 2 amide bonds. The maximum absolute atomic E-state index is 13.4. The summed E-state index contributed by atoms with van der Waals surface area (Å²) < 4.78 is 0.723. The average Bonchev–Trinajstić information content (AvgIpc) is 2.81. The number of anilines is 3. The molecule has 0 bridgehead atoms. The first-order valence-corrected chi connectivity index (χ1v) is 10.5. The van der Waals surface area contributed by atoms with Crippen molar-refractivity contribution < 1.29 is 9.59 Å². The van der Waals surface area contributed by atoms with Crippen molar-refractivity contribution >= 4 is 44.8 Å². The zero-order valence-electron chi connectivity index (χ0n) is 16.5. The van der Waals surface area contributed by atoms with Gasteiger partial charge in [-0.05, 0) is 76.6 Å². The molecule has 0 unspecified atom stereocenters. The van der Waals surface area contributed by atoms with Gasteiger partial charge in [-0.25, -0.2) is 0 Å². The Morgan fingerprint density at radius 2 is 1.16 bits per heavy atom. The molecular formula is C26H19BrN2O2. The van der Waals surface area contributed by atoms with E-state index in [2.05, 4.69) is 21.2 Å². The molecule has 5 heteroatoms. The quantitative estimate of drug-likeness (QED) is 0.353. The van der Waals surface area contributed by atoms with Gasteiger partial charge in [0.25, 0.3) is 11.8 Å². The van der Waals surface area contributed by atoms with Crippen LogP contribution in [0.3, 0.4) is 0 Å². The van der Waals surface area contributed by atoms with Crippen LogP contribution in [0.2, 0.25) is 0 Å². The Hall–Kier alpha value is -3.70. The number of nitrogens with one attached hydrogen (secondary N) is 1. The standard InChI is InChI=1S/C26H19BrN2O2/c27-24-14-8-7-13-23(24)25(30)28-20-17-15-19(16-18-20)26(31)29(21-9-3-1-4-10-21)22-11-5-2-6-12-22/h1-18H,(H,28,30). The SMILES string of the molecule is O=C(Nc1ccc(C(=O)N(c2ccccc2)c2ccccc2)cc1)c1ccccc1Br. The van der Waals surface area contributed by atoms with E-state index in [9.17, 15) is 9.59 Å². The van der Waals surface area contributed by atoms with E-state index in [1.807, 2.05) is 78.9 Å². The lowest BCUT2D eigenvalue weighted by atomic mass is 10.1. The molecule has 4 aromatic rings. The van der Waals surface area contributed by atoms with Crippen LogP contribution in [0.15, 0.2) is 114 Å². The van der Waals surface area contributed by atoms with E-state index in [4.69, 9.17) is 0 Å². The van der Waals surface area contributed by atoms with Crippen molar-refractivity contribution in [2.24, 2.45) is 0 Å². The fourth-order valence-electron chi connectivity index (χ4n) is 3.21. The van der Waals surface area contributed by atoms with Crippen LogP contribution in [0, 0.1) is 0 Å². The molecule has 0 saturated carbocycles. The lowest BCUT2D eigenvalue weighted by molar-refractivity contribution is 0.0997. The summed E-state index contributed by atoms with van der Waals surface area (Å²) in [5.74, 6) is -0.372. The maximum Gasteiger partial charge on any atom is 0.262 e. The van der Waals surface area contributed by atoms with Gasteiger partial charge in [0, 0.05) is 27.1 Å². The van der Waals surface area contributed by atoms with Gasteiger partial charge < -0.3 is 5.32 Å². The van der Waals surface area contributed by atoms with E-state index in [-0.39, 0.29) is 11.8 Å². The van der Waals surface area contributed by atoms with Crippen molar-refractivity contribution in [3.63, 3.8) is 0 Å². The second-order valence-electron chi connectivity index (χ2n) is 6.82. The number of nitrogens with zero attached hydrogens (tertiary/aromatic N) is 1. The Bertz CT molecular complexity index is 1150. The zero-order chi connectivity index (χ0) is 21.6. The molecule has 0 saturated heterocycles. The van der Waals surface area contributed by atoms with Gasteiger partial charge in [0.1, 0.15) is 0 Å². The number of halogens is 1. The van der Waals surface area contributed by atoms with E-state index < -0.39 is 0 Å². The molecule has 0 radical (unpaired) electrons. The van der Waals surface area contributed by atoms with Crippen molar-refractivity contribution in [2.75, 3.05) is 10.2 Å². The molecule has 4 rings (SSSR count). The highest BCUT2D eigenvalue weighted by atomic mass is 79.9. The average molecular weight is 471 g/mol. The molecule has 0 aliphatic heterocycles. The van der Waals surface area contributed by atoms with Gasteiger partial charge in [0.05, 0.1) is 5.56 Å². The van der Waals surface area contributed by atoms with Gasteiger partial charge in [-0.1, -0.05) is 48.5 Å². The molecule has 152 valence electrons. The van der Waals surface area contributed by atoms with Crippen molar-refractivity contribution in [1.29, 1.82) is 0 Å². The van der Waals surface area contributed by atoms with Crippen molar-refractivity contribution in [3.05, 3.63) is 125 Å². The Morgan fingerprint density at radius 3 is 1.71 bits per heavy atom. The summed E-state index contributed by atoms with van der Waals surface area (Å²) in [4.78, 5) is 27.6. The van der Waals surface area contributed by atoms with Gasteiger partial charge in [-0.15, -0.1) is 0 Å². The summed E-state index contributed by atoms with van der Waals surface area (Å²) in [6.07, 6.45) is 0. The minimum atomic E-state index is -0.221. The number of carbonyl (C=O) groups is 2. The molecule has 4 nitrogen and oxygen atoms in total. The highest BCUT2D eigenvalue weighted by molar-refractivity contribution is 9.10. The third-order valence-electron chi connectivity index (χ3n) is 4.74. The largest absolute Gasteiger partial charge is 0.322 e. The van der Waals surface area contributed by atoms with Gasteiger partial charge in [-0.3, -0.25) is 14.5 Å². The predicted octanol–water partition coefficient (Wildman–Crippen LogP) is 6.68. The van der Waals surface area contributed by atoms with Crippen LogP contribution in [0.4, 0.5) is 17.1 Å². The first kappa shape index (κ1) is 20.6. The van der Waals surface area contributed by atoms with Crippen molar-refractivity contribution in [2.45, 2.75) is 0 Å². The number of amides is 2. The summed E-state index contributed by atoms with van der Waals surface area (Å²) >= 11 is 3.39. The molecule has 1 N–H and O–H groups in total. The third kappa shape index (κ3) is 4.73. The molecule has 31 heavy (non-hydrogen) atoms. The Morgan fingerprint density at radius 1 is 0.645 bits per heavy atom. The minimum absolute atomic E-state index is 0.152. The van der Waals surface area contributed by atoms with Crippen LogP contribution in [-0.4, -0.2) is 11.8 Å². The van der Waals surface area contributed by atoms with Crippen LogP contribution >= 0.6 is 15.9 Å². The van der Waals surface area contributed by atoms with Crippen LogP contribution in [-0.2, 0) is 0 Å². The van der Waals surface area contributed by atoms with Gasteiger partial charge >= 0.3 is 0 Å². The Kier molecular flexibility index (Phi) is 6.24. The van der Waals surface area contributed by atoms with E-state index >= 15 is 0 Å². The lowest BCUT2D eigenvalue weighted by Crippen LogP contribution is -2.25. The molecule has 0 fully saturated rings. The number of benzene rings is 4. The molecule has 4 aromatic carbocycles. The second kappa shape index (κ2) is 9.41. The number of para-hydroxylation sites is 2. The lowest BCUT2D eigenvalue weighted by Gasteiger charge is -2.23. The summed E-state index contributed by atoms with van der Waals surface area (Å²) in [5, 5.41) is 2.86. The smallest absolute Gasteiger partial charge is 0.262 e. The van der Waals surface area contributed by atoms with E-state index in [1.165, 1.54) is 0 Å². The van der Waals surface area contributed by atoms with Crippen molar-refractivity contribution in [3.8, 4) is 0 Å². The number of rotatable bonds is 5. The predicted molar refractivity (Wildman–Crippen MR) is 128 cm³/mol. The zero-order valence-corrected chi connectivity index (χ0v) is 18.1. The monoisotopic (exact) mass is 470 g/mol. The first-order chi connectivity index (χ1) is 15.1. The molecule has 0 aliphatic rings. The van der Waals surface area contributed by atoms with E-state index in [0.717, 1.165) is 15.8 Å².